The van der Waals surface area contributed by atoms with Crippen LogP contribution in [0.25, 0.3) is 0 Å². The number of carboxylic acids is 1. The van der Waals surface area contributed by atoms with Crippen LogP contribution < -0.4 is 5.32 Å². The maximum Gasteiger partial charge on any atom is 0.323 e. The highest BCUT2D eigenvalue weighted by molar-refractivity contribution is 5.77. The lowest BCUT2D eigenvalue weighted by Gasteiger charge is -2.24. The van der Waals surface area contributed by atoms with Gasteiger partial charge >= 0.3 is 11.9 Å². The molecule has 110 valence electrons. The van der Waals surface area contributed by atoms with Crippen LogP contribution in [0, 0.1) is 0 Å². The molecule has 0 rings (SSSR count). The first-order valence-corrected chi connectivity index (χ1v) is 6.55. The molecule has 0 aromatic heterocycles. The standard InChI is InChI=1S/C14H25NO4/c1-5-6-7-8-9-11(15-10-12(16)17)13(18)19-14(2,3)4/h5,11,15H,1,6-10H2,2-4H3,(H,16,17). The van der Waals surface area contributed by atoms with Gasteiger partial charge in [0.25, 0.3) is 0 Å². The summed E-state index contributed by atoms with van der Waals surface area (Å²) < 4.78 is 5.27. The Morgan fingerprint density at radius 3 is 2.47 bits per heavy atom. The number of carboxylic acid groups (broad SMARTS) is 1. The first kappa shape index (κ1) is 17.6. The Balaban J connectivity index is 4.34. The molecule has 0 saturated heterocycles. The van der Waals surface area contributed by atoms with Crippen molar-refractivity contribution >= 4 is 11.9 Å². The van der Waals surface area contributed by atoms with E-state index in [9.17, 15) is 9.59 Å². The van der Waals surface area contributed by atoms with Crippen molar-refractivity contribution in [1.29, 1.82) is 0 Å². The molecule has 0 amide bonds. The SMILES string of the molecule is C=CCCCCC(NCC(=O)O)C(=O)OC(C)(C)C. The van der Waals surface area contributed by atoms with Gasteiger partial charge in [0.2, 0.25) is 0 Å². The van der Waals surface area contributed by atoms with Crippen molar-refractivity contribution in [2.45, 2.75) is 58.1 Å². The van der Waals surface area contributed by atoms with Crippen molar-refractivity contribution in [3.05, 3.63) is 12.7 Å². The van der Waals surface area contributed by atoms with Crippen LogP contribution in [-0.4, -0.2) is 35.2 Å². The Morgan fingerprint density at radius 1 is 1.37 bits per heavy atom. The van der Waals surface area contributed by atoms with E-state index in [1.807, 2.05) is 6.08 Å². The fourth-order valence-electron chi connectivity index (χ4n) is 1.52. The second kappa shape index (κ2) is 8.69. The maximum absolute atomic E-state index is 11.9. The number of allylic oxidation sites excluding steroid dienone is 1. The predicted octanol–water partition coefficient (Wildman–Crippen LogP) is 2.12. The van der Waals surface area contributed by atoms with Crippen LogP contribution in [0.2, 0.25) is 0 Å². The van der Waals surface area contributed by atoms with Crippen molar-refractivity contribution in [2.24, 2.45) is 0 Å². The van der Waals surface area contributed by atoms with E-state index >= 15 is 0 Å². The van der Waals surface area contributed by atoms with Gasteiger partial charge in [0.15, 0.2) is 0 Å². The molecule has 0 spiro atoms. The van der Waals surface area contributed by atoms with Gasteiger partial charge in [-0.3, -0.25) is 14.9 Å². The van der Waals surface area contributed by atoms with Crippen LogP contribution in [0.15, 0.2) is 12.7 Å². The minimum absolute atomic E-state index is 0.245. The zero-order valence-corrected chi connectivity index (χ0v) is 12.1. The van der Waals surface area contributed by atoms with Gasteiger partial charge in [0, 0.05) is 0 Å². The smallest absolute Gasteiger partial charge is 0.323 e. The Bertz CT molecular complexity index is 307. The zero-order valence-electron chi connectivity index (χ0n) is 12.1. The van der Waals surface area contributed by atoms with Crippen molar-refractivity contribution in [2.75, 3.05) is 6.54 Å². The fourth-order valence-corrected chi connectivity index (χ4v) is 1.52. The van der Waals surface area contributed by atoms with Gasteiger partial charge in [-0.05, 0) is 40.0 Å². The molecule has 0 heterocycles. The highest BCUT2D eigenvalue weighted by atomic mass is 16.6. The van der Waals surface area contributed by atoms with E-state index in [4.69, 9.17) is 9.84 Å². The number of unbranched alkanes of at least 4 members (excludes halogenated alkanes) is 2. The van der Waals surface area contributed by atoms with Crippen molar-refractivity contribution < 1.29 is 19.4 Å². The highest BCUT2D eigenvalue weighted by Gasteiger charge is 2.24. The minimum Gasteiger partial charge on any atom is -0.480 e. The monoisotopic (exact) mass is 271 g/mol. The Labute approximate surface area is 115 Å². The maximum atomic E-state index is 11.9. The summed E-state index contributed by atoms with van der Waals surface area (Å²) in [4.78, 5) is 22.5. The van der Waals surface area contributed by atoms with E-state index in [1.165, 1.54) is 0 Å². The van der Waals surface area contributed by atoms with Crippen molar-refractivity contribution in [3.63, 3.8) is 0 Å². The van der Waals surface area contributed by atoms with Crippen LogP contribution in [0.1, 0.15) is 46.5 Å². The number of esters is 1. The summed E-state index contributed by atoms with van der Waals surface area (Å²) in [6, 6.07) is -0.569. The lowest BCUT2D eigenvalue weighted by atomic mass is 10.1. The van der Waals surface area contributed by atoms with Crippen LogP contribution in [0.3, 0.4) is 0 Å². The summed E-state index contributed by atoms with van der Waals surface area (Å²) in [5, 5.41) is 11.4. The lowest BCUT2D eigenvalue weighted by molar-refractivity contribution is -0.157. The summed E-state index contributed by atoms with van der Waals surface area (Å²) in [5.74, 6) is -1.38. The molecule has 19 heavy (non-hydrogen) atoms. The molecular formula is C14H25NO4. The quantitative estimate of drug-likeness (QED) is 0.381. The van der Waals surface area contributed by atoms with Gasteiger partial charge < -0.3 is 9.84 Å². The third-order valence-electron chi connectivity index (χ3n) is 2.34. The number of carbonyl (C=O) groups is 2. The number of rotatable bonds is 9. The molecule has 0 aromatic carbocycles. The van der Waals surface area contributed by atoms with E-state index in [2.05, 4.69) is 11.9 Å². The molecule has 1 unspecified atom stereocenters. The number of hydrogen-bond donors (Lipinski definition) is 2. The fraction of sp³-hybridized carbons (Fsp3) is 0.714. The number of aliphatic carboxylic acids is 1. The molecule has 0 aromatic rings. The van der Waals surface area contributed by atoms with E-state index in [1.54, 1.807) is 20.8 Å². The molecule has 1 atom stereocenters. The first-order valence-electron chi connectivity index (χ1n) is 6.55. The van der Waals surface area contributed by atoms with Gasteiger partial charge in [0.05, 0.1) is 6.54 Å². The normalized spacial score (nSPS) is 12.8. The molecule has 0 fully saturated rings. The molecule has 0 aliphatic rings. The minimum atomic E-state index is -0.986. The van der Waals surface area contributed by atoms with Gasteiger partial charge in [0.1, 0.15) is 11.6 Å². The van der Waals surface area contributed by atoms with Crippen molar-refractivity contribution in [3.8, 4) is 0 Å². The van der Waals surface area contributed by atoms with Gasteiger partial charge in [-0.15, -0.1) is 6.58 Å². The number of carbonyl (C=O) groups excluding carboxylic acids is 1. The van der Waals surface area contributed by atoms with Crippen LogP contribution in [-0.2, 0) is 14.3 Å². The van der Waals surface area contributed by atoms with E-state index < -0.39 is 23.6 Å². The molecule has 2 N–H and O–H groups in total. The van der Waals surface area contributed by atoms with Crippen LogP contribution in [0.4, 0.5) is 0 Å². The number of hydrogen-bond acceptors (Lipinski definition) is 4. The molecule has 0 radical (unpaired) electrons. The summed E-state index contributed by atoms with van der Waals surface area (Å²) >= 11 is 0. The van der Waals surface area contributed by atoms with Gasteiger partial charge in [-0.2, -0.15) is 0 Å². The van der Waals surface area contributed by atoms with E-state index in [0.29, 0.717) is 6.42 Å². The largest absolute Gasteiger partial charge is 0.480 e. The second-order valence-corrected chi connectivity index (χ2v) is 5.43. The molecule has 5 nitrogen and oxygen atoms in total. The zero-order chi connectivity index (χ0) is 14.9. The Kier molecular flexibility index (Phi) is 8.07. The van der Waals surface area contributed by atoms with Crippen molar-refractivity contribution in [1.82, 2.24) is 5.32 Å². The lowest BCUT2D eigenvalue weighted by Crippen LogP contribution is -2.43. The van der Waals surface area contributed by atoms with Gasteiger partial charge in [-0.1, -0.05) is 12.5 Å². The Morgan fingerprint density at radius 2 is 2.00 bits per heavy atom. The third kappa shape index (κ3) is 10.3. The molecule has 0 bridgehead atoms. The number of nitrogens with one attached hydrogen (secondary N) is 1. The summed E-state index contributed by atoms with van der Waals surface area (Å²) in [7, 11) is 0. The highest BCUT2D eigenvalue weighted by Crippen LogP contribution is 2.12. The molecule has 0 saturated carbocycles. The topological polar surface area (TPSA) is 75.6 Å². The molecular weight excluding hydrogens is 246 g/mol. The first-order chi connectivity index (χ1) is 8.76. The second-order valence-electron chi connectivity index (χ2n) is 5.43. The molecule has 0 aliphatic heterocycles. The van der Waals surface area contributed by atoms with Crippen LogP contribution >= 0.6 is 0 Å². The van der Waals surface area contributed by atoms with E-state index in [-0.39, 0.29) is 6.54 Å². The average Bonchev–Trinajstić information content (AvgIpc) is 2.25. The summed E-state index contributed by atoms with van der Waals surface area (Å²) in [6.45, 7) is 8.76. The summed E-state index contributed by atoms with van der Waals surface area (Å²) in [6.07, 6.45) is 5.03. The number of ether oxygens (including phenoxy) is 1. The summed E-state index contributed by atoms with van der Waals surface area (Å²) in [5.41, 5.74) is -0.568. The molecule has 5 heteroatoms. The average molecular weight is 271 g/mol. The van der Waals surface area contributed by atoms with Gasteiger partial charge in [-0.25, -0.2) is 0 Å². The predicted molar refractivity (Wildman–Crippen MR) is 73.9 cm³/mol. The molecule has 0 aliphatic carbocycles. The Hall–Kier alpha value is -1.36. The van der Waals surface area contributed by atoms with E-state index in [0.717, 1.165) is 19.3 Å². The third-order valence-corrected chi connectivity index (χ3v) is 2.34. The van der Waals surface area contributed by atoms with Crippen LogP contribution in [0.5, 0.6) is 0 Å².